The van der Waals surface area contributed by atoms with Crippen molar-refractivity contribution in [1.29, 1.82) is 0 Å². The van der Waals surface area contributed by atoms with Crippen molar-refractivity contribution in [2.45, 2.75) is 39.0 Å². The van der Waals surface area contributed by atoms with Gasteiger partial charge >= 0.3 is 0 Å². The van der Waals surface area contributed by atoms with E-state index < -0.39 is 0 Å². The van der Waals surface area contributed by atoms with Crippen LogP contribution >= 0.6 is 23.1 Å². The molecule has 9 heteroatoms. The Hall–Kier alpha value is -2.13. The van der Waals surface area contributed by atoms with Crippen molar-refractivity contribution in [3.63, 3.8) is 0 Å². The van der Waals surface area contributed by atoms with E-state index in [0.29, 0.717) is 23.1 Å². The molecule has 0 unspecified atom stereocenters. The molecule has 0 radical (unpaired) electrons. The first-order valence-corrected chi connectivity index (χ1v) is 10.5. The monoisotopic (exact) mass is 405 g/mol. The Bertz CT molecular complexity index is 942. The first kappa shape index (κ1) is 19.6. The van der Waals surface area contributed by atoms with Crippen LogP contribution in [0.1, 0.15) is 41.4 Å². The highest BCUT2D eigenvalue weighted by Gasteiger charge is 2.19. The molecule has 7 nitrogen and oxygen atoms in total. The summed E-state index contributed by atoms with van der Waals surface area (Å²) >= 11 is 2.89. The molecule has 0 saturated carbocycles. The van der Waals surface area contributed by atoms with Crippen molar-refractivity contribution in [2.24, 2.45) is 5.92 Å². The maximum absolute atomic E-state index is 12.7. The minimum Gasteiger partial charge on any atom is -0.360 e. The average Bonchev–Trinajstić information content (AvgIpc) is 3.30. The summed E-state index contributed by atoms with van der Waals surface area (Å²) in [6.45, 7) is 10.9. The molecule has 0 fully saturated rings. The molecule has 27 heavy (non-hydrogen) atoms. The van der Waals surface area contributed by atoms with Crippen molar-refractivity contribution < 1.29 is 9.32 Å². The van der Waals surface area contributed by atoms with Crippen molar-refractivity contribution >= 4 is 34.0 Å². The molecule has 3 heterocycles. The maximum atomic E-state index is 12.7. The summed E-state index contributed by atoms with van der Waals surface area (Å²) < 4.78 is 7.89. The zero-order chi connectivity index (χ0) is 19.6. The predicted octanol–water partition coefficient (Wildman–Crippen LogP) is 4.28. The molecule has 0 aliphatic rings. The topological polar surface area (TPSA) is 85.8 Å². The van der Waals surface area contributed by atoms with E-state index in [-0.39, 0.29) is 5.78 Å². The number of nitrogens with one attached hydrogen (secondary N) is 1. The van der Waals surface area contributed by atoms with E-state index >= 15 is 0 Å². The van der Waals surface area contributed by atoms with Gasteiger partial charge in [-0.1, -0.05) is 42.1 Å². The zero-order valence-corrected chi connectivity index (χ0v) is 17.7. The zero-order valence-electron chi connectivity index (χ0n) is 16.1. The van der Waals surface area contributed by atoms with Crippen molar-refractivity contribution in [2.75, 3.05) is 17.6 Å². The SMILES string of the molecule is Cc1cc(-n2c(C)cc(C(=O)CSc3nnc(NCC(C)C)s3)c2C)no1. The number of aromatic nitrogens is 4. The van der Waals surface area contributed by atoms with Gasteiger partial charge in [0.2, 0.25) is 5.13 Å². The fourth-order valence-electron chi connectivity index (χ4n) is 2.69. The molecule has 0 aliphatic carbocycles. The second kappa shape index (κ2) is 8.26. The predicted molar refractivity (Wildman–Crippen MR) is 108 cm³/mol. The van der Waals surface area contributed by atoms with Crippen LogP contribution in [-0.4, -0.2) is 38.0 Å². The smallest absolute Gasteiger partial charge is 0.206 e. The molecule has 0 aromatic carbocycles. The summed E-state index contributed by atoms with van der Waals surface area (Å²) in [4.78, 5) is 12.7. The molecule has 0 spiro atoms. The van der Waals surface area contributed by atoms with Crippen LogP contribution in [0.2, 0.25) is 0 Å². The molecule has 0 aliphatic heterocycles. The van der Waals surface area contributed by atoms with Crippen LogP contribution in [-0.2, 0) is 0 Å². The lowest BCUT2D eigenvalue weighted by molar-refractivity contribution is 0.102. The Morgan fingerprint density at radius 2 is 2.07 bits per heavy atom. The van der Waals surface area contributed by atoms with Crippen LogP contribution in [0.25, 0.3) is 5.82 Å². The Morgan fingerprint density at radius 3 is 2.74 bits per heavy atom. The number of ketones is 1. The Balaban J connectivity index is 1.67. The van der Waals surface area contributed by atoms with Crippen LogP contribution in [0, 0.1) is 26.7 Å². The van der Waals surface area contributed by atoms with Crippen LogP contribution in [0.3, 0.4) is 0 Å². The van der Waals surface area contributed by atoms with E-state index in [4.69, 9.17) is 4.52 Å². The number of aryl methyl sites for hydroxylation is 2. The Labute approximate surface area is 166 Å². The number of Topliss-reactive ketones (excluding diaryl/α,β-unsaturated/α-hetero) is 1. The number of thioether (sulfide) groups is 1. The highest BCUT2D eigenvalue weighted by Crippen LogP contribution is 2.28. The largest absolute Gasteiger partial charge is 0.360 e. The normalized spacial score (nSPS) is 11.3. The van der Waals surface area contributed by atoms with Crippen molar-refractivity contribution in [3.8, 4) is 5.82 Å². The highest BCUT2D eigenvalue weighted by atomic mass is 32.2. The molecule has 3 aromatic rings. The lowest BCUT2D eigenvalue weighted by Crippen LogP contribution is -2.07. The van der Waals surface area contributed by atoms with Crippen molar-refractivity contribution in [1.82, 2.24) is 19.9 Å². The van der Waals surface area contributed by atoms with Gasteiger partial charge in [-0.3, -0.25) is 9.36 Å². The second-order valence-electron chi connectivity index (χ2n) is 6.78. The third-order valence-electron chi connectivity index (χ3n) is 3.97. The fourth-order valence-corrected chi connectivity index (χ4v) is 4.33. The van der Waals surface area contributed by atoms with Crippen LogP contribution in [0.5, 0.6) is 0 Å². The number of carbonyl (C=O) groups excluding carboxylic acids is 1. The van der Waals surface area contributed by atoms with Gasteiger partial charge in [-0.2, -0.15) is 0 Å². The number of hydrogen-bond acceptors (Lipinski definition) is 8. The van der Waals surface area contributed by atoms with E-state index in [2.05, 4.69) is 34.5 Å². The quantitative estimate of drug-likeness (QED) is 0.442. The van der Waals surface area contributed by atoms with Gasteiger partial charge < -0.3 is 9.84 Å². The molecule has 3 aromatic heterocycles. The van der Waals surface area contributed by atoms with Gasteiger partial charge in [0.05, 0.1) is 5.75 Å². The molecular weight excluding hydrogens is 382 g/mol. The summed E-state index contributed by atoms with van der Waals surface area (Å²) in [6.07, 6.45) is 0. The molecule has 3 rings (SSSR count). The summed E-state index contributed by atoms with van der Waals surface area (Å²) in [5, 5.41) is 16.4. The number of carbonyl (C=O) groups is 1. The first-order chi connectivity index (χ1) is 12.8. The molecule has 0 saturated heterocycles. The Kier molecular flexibility index (Phi) is 6.01. The number of hydrogen-bond donors (Lipinski definition) is 1. The van der Waals surface area contributed by atoms with E-state index in [1.165, 1.54) is 23.1 Å². The van der Waals surface area contributed by atoms with E-state index in [9.17, 15) is 4.79 Å². The number of nitrogens with zero attached hydrogens (tertiary/aromatic N) is 4. The van der Waals surface area contributed by atoms with Crippen LogP contribution in [0.4, 0.5) is 5.13 Å². The number of anilines is 1. The van der Waals surface area contributed by atoms with Gasteiger partial charge in [-0.15, -0.1) is 10.2 Å². The minimum atomic E-state index is 0.0615. The van der Waals surface area contributed by atoms with Gasteiger partial charge in [0.25, 0.3) is 0 Å². The van der Waals surface area contributed by atoms with Crippen LogP contribution in [0.15, 0.2) is 21.0 Å². The highest BCUT2D eigenvalue weighted by molar-refractivity contribution is 8.01. The number of rotatable bonds is 8. The standard InChI is InChI=1S/C18H23N5O2S2/c1-10(2)8-19-17-20-21-18(27-17)26-9-15(24)14-6-11(3)23(13(14)5)16-7-12(4)25-22-16/h6-7,10H,8-9H2,1-5H3,(H,19,20). The third-order valence-corrected chi connectivity index (χ3v) is 5.99. The van der Waals surface area contributed by atoms with Crippen molar-refractivity contribution in [3.05, 3.63) is 34.8 Å². The minimum absolute atomic E-state index is 0.0615. The van der Waals surface area contributed by atoms with E-state index in [1.54, 1.807) is 0 Å². The molecular formula is C18H23N5O2S2. The van der Waals surface area contributed by atoms with Crippen LogP contribution < -0.4 is 5.32 Å². The molecule has 0 amide bonds. The first-order valence-electron chi connectivity index (χ1n) is 8.71. The average molecular weight is 406 g/mol. The van der Waals surface area contributed by atoms with Gasteiger partial charge in [0.15, 0.2) is 15.9 Å². The maximum Gasteiger partial charge on any atom is 0.206 e. The fraction of sp³-hybridized carbons (Fsp3) is 0.444. The summed E-state index contributed by atoms with van der Waals surface area (Å²) in [7, 11) is 0. The lowest BCUT2D eigenvalue weighted by Gasteiger charge is -2.05. The Morgan fingerprint density at radius 1 is 1.30 bits per heavy atom. The molecule has 0 bridgehead atoms. The van der Waals surface area contributed by atoms with Gasteiger partial charge in [-0.25, -0.2) is 0 Å². The van der Waals surface area contributed by atoms with E-state index in [1.807, 2.05) is 37.5 Å². The molecule has 0 atom stereocenters. The molecule has 144 valence electrons. The van der Waals surface area contributed by atoms with Gasteiger partial charge in [-0.05, 0) is 32.8 Å². The summed E-state index contributed by atoms with van der Waals surface area (Å²) in [5.41, 5.74) is 2.51. The third kappa shape index (κ3) is 4.59. The molecule has 1 N–H and O–H groups in total. The second-order valence-corrected chi connectivity index (χ2v) is 8.98. The summed E-state index contributed by atoms with van der Waals surface area (Å²) in [5.74, 6) is 2.35. The van der Waals surface area contributed by atoms with Gasteiger partial charge in [0.1, 0.15) is 5.76 Å². The summed E-state index contributed by atoms with van der Waals surface area (Å²) in [6, 6.07) is 3.76. The lowest BCUT2D eigenvalue weighted by atomic mass is 10.2. The van der Waals surface area contributed by atoms with E-state index in [0.717, 1.165) is 33.2 Å². The van der Waals surface area contributed by atoms with Gasteiger partial charge in [0, 0.05) is 29.6 Å².